The number of carboxylic acids is 1. The molecule has 202 valence electrons. The van der Waals surface area contributed by atoms with E-state index in [2.05, 4.69) is 29.9 Å². The fraction of sp³-hybridized carbons (Fsp3) is 0.421. The minimum Gasteiger partial charge on any atom is -0.488 e. The molecule has 0 bridgehead atoms. The number of nitrogen functional groups attached to an aromatic ring is 1. The second kappa shape index (κ2) is 11.0. The molecule has 0 saturated carbocycles. The highest BCUT2D eigenvalue weighted by atomic mass is 32.2. The van der Waals surface area contributed by atoms with Crippen molar-refractivity contribution >= 4 is 63.7 Å². The zero-order chi connectivity index (χ0) is 27.7. The van der Waals surface area contributed by atoms with Gasteiger partial charge in [-0.2, -0.15) is 14.3 Å². The Balaban J connectivity index is 1.51. The van der Waals surface area contributed by atoms with Gasteiger partial charge < -0.3 is 26.1 Å². The van der Waals surface area contributed by atoms with E-state index in [-0.39, 0.29) is 45.1 Å². The number of aromatic hydroxyl groups is 1. The Kier molecular flexibility index (Phi) is 7.88. The van der Waals surface area contributed by atoms with E-state index in [1.165, 1.54) is 23.5 Å². The average molecular weight is 584 g/mol. The fourth-order valence-corrected chi connectivity index (χ4v) is 6.22. The molecule has 0 spiro atoms. The molecule has 4 rings (SSSR count). The number of oxime groups is 1. The number of hydrogen-bond acceptors (Lipinski definition) is 15. The normalized spacial score (nSPS) is 19.3. The number of fused-ring (bicyclic) bond motifs is 1. The number of nitrogens with zero attached hydrogens (tertiary/aromatic N) is 7. The second-order valence-corrected chi connectivity index (χ2v) is 10.9. The maximum absolute atomic E-state index is 13.0. The number of amides is 2. The summed E-state index contributed by atoms with van der Waals surface area (Å²) >= 11 is 3.15. The van der Waals surface area contributed by atoms with Crippen LogP contribution in [0.1, 0.15) is 19.7 Å². The maximum atomic E-state index is 13.0. The predicted octanol–water partition coefficient (Wildman–Crippen LogP) is -1.03. The van der Waals surface area contributed by atoms with Crippen molar-refractivity contribution in [2.75, 3.05) is 17.2 Å². The van der Waals surface area contributed by atoms with E-state index in [0.717, 1.165) is 28.2 Å². The van der Waals surface area contributed by atoms with Gasteiger partial charge in [0.25, 0.3) is 17.7 Å². The van der Waals surface area contributed by atoms with Crippen LogP contribution in [0.3, 0.4) is 0 Å². The average Bonchev–Trinajstić information content (AvgIpc) is 3.28. The number of aliphatic carboxylic acids is 1. The van der Waals surface area contributed by atoms with E-state index in [4.69, 9.17) is 10.6 Å². The first-order valence-corrected chi connectivity index (χ1v) is 13.6. The lowest BCUT2D eigenvalue weighted by molar-refractivity contribution is -0.150. The van der Waals surface area contributed by atoms with Crippen molar-refractivity contribution < 1.29 is 29.4 Å². The third-order valence-electron chi connectivity index (χ3n) is 5.05. The van der Waals surface area contributed by atoms with Crippen molar-refractivity contribution in [3.8, 4) is 5.88 Å². The van der Waals surface area contributed by atoms with Gasteiger partial charge in [-0.15, -0.1) is 16.9 Å². The first-order valence-electron chi connectivity index (χ1n) is 10.8. The van der Waals surface area contributed by atoms with Gasteiger partial charge in [-0.25, -0.2) is 9.48 Å². The molecule has 1 fully saturated rings. The van der Waals surface area contributed by atoms with Crippen LogP contribution >= 0.6 is 35.1 Å². The quantitative estimate of drug-likeness (QED) is 0.120. The first kappa shape index (κ1) is 27.3. The van der Waals surface area contributed by atoms with Gasteiger partial charge in [-0.3, -0.25) is 19.3 Å². The summed E-state index contributed by atoms with van der Waals surface area (Å²) in [6.07, 6.45) is -0.349. The number of carbonyl (C=O) groups is 3. The Morgan fingerprint density at radius 1 is 1.34 bits per heavy atom. The standard InChI is InChI=1S/C19H21N9O7S3/c1-6(2)35-25-8(11-22-18(20)38-26-11)12(29)21-9-15(32)28-10(17(33)34)7(4-36-16(9)28)5-37-19-23-13(30)14(31)24-27(19)3/h6,9,16H,4-5H2,1-3H3,(H,21,29)(H,24,31)(H,33,34)(H2,20,22,26)/t9?,16-/m0/s1. The molecule has 2 aliphatic heterocycles. The van der Waals surface area contributed by atoms with Crippen molar-refractivity contribution in [3.63, 3.8) is 0 Å². The van der Waals surface area contributed by atoms with Crippen molar-refractivity contribution in [1.29, 1.82) is 0 Å². The van der Waals surface area contributed by atoms with Crippen LogP contribution in [0.2, 0.25) is 0 Å². The molecule has 2 atom stereocenters. The minimum absolute atomic E-state index is 0.0669. The number of thioether (sulfide) groups is 2. The van der Waals surface area contributed by atoms with Gasteiger partial charge in [-0.05, 0) is 19.4 Å². The molecule has 4 heterocycles. The number of hydrogen-bond donors (Lipinski definition) is 4. The number of rotatable bonds is 9. The lowest BCUT2D eigenvalue weighted by Gasteiger charge is -2.49. The lowest BCUT2D eigenvalue weighted by atomic mass is 10.0. The van der Waals surface area contributed by atoms with Gasteiger partial charge in [0.15, 0.2) is 10.3 Å². The number of carboxylic acid groups (broad SMARTS) is 1. The summed E-state index contributed by atoms with van der Waals surface area (Å²) in [5.41, 5.74) is 4.64. The van der Waals surface area contributed by atoms with Crippen LogP contribution in [0.15, 0.2) is 26.4 Å². The number of aromatic nitrogens is 5. The van der Waals surface area contributed by atoms with E-state index < -0.39 is 40.6 Å². The maximum Gasteiger partial charge on any atom is 0.352 e. The van der Waals surface area contributed by atoms with Crippen LogP contribution in [0.25, 0.3) is 0 Å². The summed E-state index contributed by atoms with van der Waals surface area (Å²) < 4.78 is 5.16. The van der Waals surface area contributed by atoms with Crippen molar-refractivity contribution in [3.05, 3.63) is 27.4 Å². The molecule has 0 aromatic carbocycles. The molecule has 0 radical (unpaired) electrons. The monoisotopic (exact) mass is 583 g/mol. The summed E-state index contributed by atoms with van der Waals surface area (Å²) in [7, 11) is 1.47. The second-order valence-electron chi connectivity index (χ2n) is 8.10. The van der Waals surface area contributed by atoms with Crippen LogP contribution in [0.5, 0.6) is 5.88 Å². The summed E-state index contributed by atoms with van der Waals surface area (Å²) in [5, 5.41) is 28.9. The van der Waals surface area contributed by atoms with E-state index in [0.29, 0.717) is 5.57 Å². The molecule has 2 amide bonds. The molecular formula is C19H21N9O7S3. The number of nitrogens with one attached hydrogen (secondary N) is 1. The Morgan fingerprint density at radius 3 is 2.71 bits per heavy atom. The Bertz CT molecular complexity index is 1420. The highest BCUT2D eigenvalue weighted by Crippen LogP contribution is 2.41. The third kappa shape index (κ3) is 5.43. The SMILES string of the molecule is CC(C)ON=C(C(=O)NC1C(=O)N2C(C(=O)O)=C(CSc3nc(=O)c(O)nn3C)CS[C@@H]12)c1nsc(N)n1. The number of β-lactam (4-membered cyclic amide) rings is 1. The van der Waals surface area contributed by atoms with E-state index in [1.807, 2.05) is 0 Å². The highest BCUT2D eigenvalue weighted by molar-refractivity contribution is 8.01. The van der Waals surface area contributed by atoms with Gasteiger partial charge in [0.05, 0.1) is 0 Å². The van der Waals surface area contributed by atoms with Crippen LogP contribution in [-0.2, 0) is 26.3 Å². The molecule has 0 aliphatic carbocycles. The summed E-state index contributed by atoms with van der Waals surface area (Å²) in [6, 6.07) is -1.03. The smallest absolute Gasteiger partial charge is 0.352 e. The van der Waals surface area contributed by atoms with E-state index in [9.17, 15) is 29.4 Å². The summed E-state index contributed by atoms with van der Waals surface area (Å²) in [6.45, 7) is 3.41. The third-order valence-corrected chi connectivity index (χ3v) is 8.03. The van der Waals surface area contributed by atoms with Crippen LogP contribution in [0.4, 0.5) is 5.13 Å². The van der Waals surface area contributed by atoms with E-state index >= 15 is 0 Å². The Labute approximate surface area is 226 Å². The lowest BCUT2D eigenvalue weighted by Crippen LogP contribution is -2.71. The molecular weight excluding hydrogens is 562 g/mol. The molecule has 1 unspecified atom stereocenters. The predicted molar refractivity (Wildman–Crippen MR) is 136 cm³/mol. The largest absolute Gasteiger partial charge is 0.488 e. The van der Waals surface area contributed by atoms with Crippen LogP contribution in [-0.4, -0.2) is 91.8 Å². The molecule has 38 heavy (non-hydrogen) atoms. The first-order chi connectivity index (χ1) is 18.0. The molecule has 1 saturated heterocycles. The van der Waals surface area contributed by atoms with Gasteiger partial charge in [0.1, 0.15) is 23.2 Å². The summed E-state index contributed by atoms with van der Waals surface area (Å²) in [4.78, 5) is 63.7. The van der Waals surface area contributed by atoms with Crippen molar-refractivity contribution in [2.45, 2.75) is 36.5 Å². The van der Waals surface area contributed by atoms with Gasteiger partial charge in [-0.1, -0.05) is 16.9 Å². The van der Waals surface area contributed by atoms with Crippen molar-refractivity contribution in [2.24, 2.45) is 12.2 Å². The number of aryl methyl sites for hydroxylation is 1. The van der Waals surface area contributed by atoms with E-state index in [1.54, 1.807) is 13.8 Å². The molecule has 2 aromatic rings. The molecule has 2 aliphatic rings. The minimum atomic E-state index is -1.32. The number of anilines is 1. The Hall–Kier alpha value is -3.71. The highest BCUT2D eigenvalue weighted by Gasteiger charge is 2.54. The summed E-state index contributed by atoms with van der Waals surface area (Å²) in [5.74, 6) is -3.22. The number of nitrogens with two attached hydrogens (primary N) is 1. The number of carbonyl (C=O) groups excluding carboxylic acids is 2. The van der Waals surface area contributed by atoms with Crippen molar-refractivity contribution in [1.82, 2.24) is 34.3 Å². The van der Waals surface area contributed by atoms with Gasteiger partial charge in [0.2, 0.25) is 11.5 Å². The van der Waals surface area contributed by atoms with Crippen LogP contribution < -0.4 is 16.6 Å². The zero-order valence-electron chi connectivity index (χ0n) is 20.0. The Morgan fingerprint density at radius 2 is 2.08 bits per heavy atom. The van der Waals surface area contributed by atoms with Gasteiger partial charge in [0, 0.05) is 30.1 Å². The van der Waals surface area contributed by atoms with Crippen LogP contribution in [0, 0.1) is 0 Å². The zero-order valence-corrected chi connectivity index (χ0v) is 22.5. The molecule has 16 nitrogen and oxygen atoms in total. The molecule has 5 N–H and O–H groups in total. The topological polar surface area (TPSA) is 228 Å². The molecule has 19 heteroatoms. The molecule has 2 aromatic heterocycles. The fourth-order valence-electron chi connectivity index (χ4n) is 3.39. The van der Waals surface area contributed by atoms with Gasteiger partial charge >= 0.3 is 11.5 Å².